The molecular formula is C34H32FN7O3S2. The van der Waals surface area contributed by atoms with E-state index in [1.54, 1.807) is 54.4 Å². The Morgan fingerprint density at radius 3 is 2.23 bits per heavy atom. The number of halogens is 1. The quantitative estimate of drug-likeness (QED) is 0.215. The van der Waals surface area contributed by atoms with Gasteiger partial charge >= 0.3 is 0 Å². The van der Waals surface area contributed by atoms with Crippen molar-refractivity contribution in [2.24, 2.45) is 7.05 Å². The molecule has 0 spiro atoms. The monoisotopic (exact) mass is 669 g/mol. The van der Waals surface area contributed by atoms with Crippen LogP contribution >= 0.6 is 24.0 Å². The van der Waals surface area contributed by atoms with Crippen LogP contribution in [0.5, 0.6) is 0 Å². The number of rotatable bonds is 6. The third-order valence-electron chi connectivity index (χ3n) is 8.75. The first-order valence-electron chi connectivity index (χ1n) is 15.1. The molecule has 1 amide bonds. The Morgan fingerprint density at radius 2 is 1.60 bits per heavy atom. The Kier molecular flexibility index (Phi) is 8.65. The molecule has 0 radical (unpaired) electrons. The highest BCUT2D eigenvalue weighted by Crippen LogP contribution is 2.39. The van der Waals surface area contributed by atoms with Gasteiger partial charge in [-0.05, 0) is 56.7 Å². The summed E-state index contributed by atoms with van der Waals surface area (Å²) >= 11 is 6.74. The van der Waals surface area contributed by atoms with Gasteiger partial charge in [0.2, 0.25) is 0 Å². The summed E-state index contributed by atoms with van der Waals surface area (Å²) in [5.41, 5.74) is 2.09. The van der Waals surface area contributed by atoms with Crippen LogP contribution in [0.1, 0.15) is 29.3 Å². The number of thioether (sulfide) groups is 1. The summed E-state index contributed by atoms with van der Waals surface area (Å²) in [5, 5.41) is 9.98. The highest BCUT2D eigenvalue weighted by Gasteiger charge is 2.38. The number of thiocarbonyl (C=S) groups is 1. The molecule has 2 saturated heterocycles. The van der Waals surface area contributed by atoms with Gasteiger partial charge in [-0.15, -0.1) is 0 Å². The lowest BCUT2D eigenvalue weighted by Crippen LogP contribution is -2.49. The van der Waals surface area contributed by atoms with Gasteiger partial charge in [0, 0.05) is 45.3 Å². The van der Waals surface area contributed by atoms with Crippen molar-refractivity contribution in [3.63, 3.8) is 0 Å². The number of anilines is 3. The van der Waals surface area contributed by atoms with E-state index in [0.29, 0.717) is 66.7 Å². The Bertz CT molecular complexity index is 2120. The summed E-state index contributed by atoms with van der Waals surface area (Å²) in [6.07, 6.45) is 1.67. The van der Waals surface area contributed by atoms with Crippen molar-refractivity contribution in [1.29, 1.82) is 5.26 Å². The zero-order valence-corrected chi connectivity index (χ0v) is 28.0. The number of pyridine rings is 1. The molecule has 47 heavy (non-hydrogen) atoms. The smallest absolute Gasteiger partial charge is 0.296 e. The fraction of sp³-hybridized carbons (Fsp3) is 0.265. The lowest BCUT2D eigenvalue weighted by Gasteiger charge is -2.39. The van der Waals surface area contributed by atoms with Crippen LogP contribution in [-0.2, 0) is 18.4 Å². The van der Waals surface area contributed by atoms with Crippen LogP contribution in [0, 0.1) is 31.0 Å². The molecule has 0 aliphatic carbocycles. The summed E-state index contributed by atoms with van der Waals surface area (Å²) in [6.45, 7) is 7.54. The molecule has 2 aromatic carbocycles. The second-order valence-corrected chi connectivity index (χ2v) is 12.9. The minimum Gasteiger partial charge on any atom is -0.366 e. The molecule has 0 bridgehead atoms. The maximum atomic E-state index is 14.6. The van der Waals surface area contributed by atoms with Crippen molar-refractivity contribution >= 4 is 57.5 Å². The van der Waals surface area contributed by atoms with Gasteiger partial charge in [0.1, 0.15) is 29.0 Å². The molecule has 2 aromatic heterocycles. The first-order valence-corrected chi connectivity index (χ1v) is 16.3. The SMILES string of the molecule is CCn1c(N2CCN(c3ccccc3F)CC2)c(/C=C2/SC(=S)N(c3c(C)n(C)n(-c4ccccc4)c3=O)C2=O)c(C)c(C#N)c1=O. The van der Waals surface area contributed by atoms with Crippen molar-refractivity contribution in [2.45, 2.75) is 27.3 Å². The molecule has 6 rings (SSSR count). The van der Waals surface area contributed by atoms with E-state index in [1.165, 1.54) is 15.6 Å². The third kappa shape index (κ3) is 5.37. The van der Waals surface area contributed by atoms with E-state index in [2.05, 4.69) is 6.07 Å². The molecule has 0 saturated carbocycles. The van der Waals surface area contributed by atoms with Crippen LogP contribution < -0.4 is 25.8 Å². The largest absolute Gasteiger partial charge is 0.366 e. The van der Waals surface area contributed by atoms with Gasteiger partial charge in [0.25, 0.3) is 17.0 Å². The predicted octanol–water partition coefficient (Wildman–Crippen LogP) is 4.72. The van der Waals surface area contributed by atoms with Crippen molar-refractivity contribution in [2.75, 3.05) is 40.9 Å². The molecule has 2 aliphatic heterocycles. The maximum absolute atomic E-state index is 14.6. The highest BCUT2D eigenvalue weighted by molar-refractivity contribution is 8.27. The summed E-state index contributed by atoms with van der Waals surface area (Å²) in [5.74, 6) is -0.184. The molecule has 4 aromatic rings. The van der Waals surface area contributed by atoms with Crippen molar-refractivity contribution in [3.05, 3.63) is 108 Å². The zero-order chi connectivity index (χ0) is 33.6. The van der Waals surface area contributed by atoms with Crippen LogP contribution in [0.3, 0.4) is 0 Å². The fourth-order valence-electron chi connectivity index (χ4n) is 6.25. The molecule has 10 nitrogen and oxygen atoms in total. The van der Waals surface area contributed by atoms with Gasteiger partial charge in [-0.25, -0.2) is 9.07 Å². The lowest BCUT2D eigenvalue weighted by atomic mass is 10.0. The zero-order valence-electron chi connectivity index (χ0n) is 26.4. The predicted molar refractivity (Wildman–Crippen MR) is 188 cm³/mol. The van der Waals surface area contributed by atoms with Crippen LogP contribution in [0.15, 0.2) is 69.1 Å². The Balaban J connectivity index is 1.42. The van der Waals surface area contributed by atoms with Gasteiger partial charge in [0.15, 0.2) is 4.32 Å². The average Bonchev–Trinajstić information content (AvgIpc) is 3.46. The average molecular weight is 670 g/mol. The number of benzene rings is 2. The summed E-state index contributed by atoms with van der Waals surface area (Å²) < 4.78 is 19.5. The minimum absolute atomic E-state index is 0.00743. The number of amides is 1. The van der Waals surface area contributed by atoms with E-state index in [1.807, 2.05) is 47.1 Å². The van der Waals surface area contributed by atoms with Crippen LogP contribution in [0.25, 0.3) is 11.8 Å². The third-order valence-corrected chi connectivity index (χ3v) is 10.1. The molecule has 2 fully saturated rings. The normalized spacial score (nSPS) is 16.0. The highest BCUT2D eigenvalue weighted by atomic mass is 32.2. The van der Waals surface area contributed by atoms with Gasteiger partial charge in [0.05, 0.1) is 22.0 Å². The molecule has 4 heterocycles. The number of carbonyl (C=O) groups is 1. The Labute approximate surface area is 280 Å². The number of piperazine rings is 1. The van der Waals surface area contributed by atoms with E-state index in [0.717, 1.165) is 11.8 Å². The fourth-order valence-corrected chi connectivity index (χ4v) is 7.50. The first kappa shape index (κ1) is 32.0. The van der Waals surface area contributed by atoms with Crippen LogP contribution in [-0.4, -0.2) is 50.3 Å². The second kappa shape index (κ2) is 12.7. The van der Waals surface area contributed by atoms with Gasteiger partial charge in [-0.2, -0.15) is 5.26 Å². The van der Waals surface area contributed by atoms with Crippen LogP contribution in [0.4, 0.5) is 21.6 Å². The number of aromatic nitrogens is 3. The standard InChI is InChI=1S/C34H32FN7O3S2/c1-5-40-30(39-17-15-38(16-18-39)27-14-10-9-13-26(27)35)24(21(2)25(20-36)31(40)43)19-28-32(44)41(34(46)47-28)29-22(3)37(4)42(33(29)45)23-11-7-6-8-12-23/h6-14,19H,5,15-18H2,1-4H3/b28-19+. The second-order valence-electron chi connectivity index (χ2n) is 11.3. The Hall–Kier alpha value is -4.93. The van der Waals surface area contributed by atoms with Gasteiger partial charge in [-0.1, -0.05) is 54.3 Å². The Morgan fingerprint density at radius 1 is 0.957 bits per heavy atom. The number of carbonyl (C=O) groups excluding carboxylic acids is 1. The van der Waals surface area contributed by atoms with Crippen molar-refractivity contribution in [1.82, 2.24) is 13.9 Å². The molecule has 0 unspecified atom stereocenters. The number of hydrogen-bond donors (Lipinski definition) is 0. The van der Waals surface area contributed by atoms with Crippen molar-refractivity contribution in [3.8, 4) is 11.8 Å². The first-order chi connectivity index (χ1) is 22.6. The summed E-state index contributed by atoms with van der Waals surface area (Å²) in [7, 11) is 1.75. The molecule has 2 aliphatic rings. The minimum atomic E-state index is -0.464. The lowest BCUT2D eigenvalue weighted by molar-refractivity contribution is -0.113. The van der Waals surface area contributed by atoms with Gasteiger partial charge < -0.3 is 9.80 Å². The molecule has 13 heteroatoms. The van der Waals surface area contributed by atoms with Crippen molar-refractivity contribution < 1.29 is 9.18 Å². The van der Waals surface area contributed by atoms with Gasteiger partial charge in [-0.3, -0.25) is 28.5 Å². The molecular weight excluding hydrogens is 638 g/mol. The van der Waals surface area contributed by atoms with E-state index >= 15 is 0 Å². The maximum Gasteiger partial charge on any atom is 0.296 e. The topological polar surface area (TPSA) is 99.5 Å². The summed E-state index contributed by atoms with van der Waals surface area (Å²) in [6, 6.07) is 17.8. The van der Waals surface area contributed by atoms with Crippen LogP contribution in [0.2, 0.25) is 0 Å². The number of hydrogen-bond acceptors (Lipinski definition) is 8. The molecule has 0 atom stereocenters. The molecule has 0 N–H and O–H groups in total. The van der Waals surface area contributed by atoms with E-state index in [-0.39, 0.29) is 31.9 Å². The van der Waals surface area contributed by atoms with E-state index in [4.69, 9.17) is 12.2 Å². The number of nitrogens with zero attached hydrogens (tertiary/aromatic N) is 7. The molecule has 240 valence electrons. The van der Waals surface area contributed by atoms with E-state index in [9.17, 15) is 24.0 Å². The van der Waals surface area contributed by atoms with E-state index < -0.39 is 11.5 Å². The number of para-hydroxylation sites is 2. The number of nitriles is 1. The summed E-state index contributed by atoms with van der Waals surface area (Å²) in [4.78, 5) is 46.9.